The van der Waals surface area contributed by atoms with Crippen molar-refractivity contribution >= 4 is 15.9 Å². The van der Waals surface area contributed by atoms with Crippen LogP contribution in [0, 0.1) is 19.7 Å². The normalized spacial score (nSPS) is 10.4. The van der Waals surface area contributed by atoms with E-state index in [-0.39, 0.29) is 12.4 Å². The van der Waals surface area contributed by atoms with Crippen LogP contribution in [0.2, 0.25) is 0 Å². The quantitative estimate of drug-likeness (QED) is 0.790. The van der Waals surface area contributed by atoms with Crippen LogP contribution in [0.3, 0.4) is 0 Å². The first kappa shape index (κ1) is 9.68. The fraction of sp³-hybridized carbons (Fsp3) is 0.333. The zero-order chi connectivity index (χ0) is 9.30. The Morgan fingerprint density at radius 2 is 2.00 bits per heavy atom. The highest BCUT2D eigenvalue weighted by Gasteiger charge is 2.09. The molecule has 0 bridgehead atoms. The topological polar surface area (TPSA) is 20.2 Å². The van der Waals surface area contributed by atoms with Crippen molar-refractivity contribution in [2.45, 2.75) is 20.5 Å². The molecular formula is C9H10BrFO. The van der Waals surface area contributed by atoms with E-state index in [2.05, 4.69) is 15.9 Å². The van der Waals surface area contributed by atoms with Gasteiger partial charge in [0, 0.05) is 4.47 Å². The van der Waals surface area contributed by atoms with Crippen LogP contribution in [0.5, 0.6) is 0 Å². The van der Waals surface area contributed by atoms with Crippen LogP contribution in [-0.4, -0.2) is 5.11 Å². The summed E-state index contributed by atoms with van der Waals surface area (Å²) in [6.45, 7) is 3.43. The molecule has 0 spiro atoms. The number of hydrogen-bond donors (Lipinski definition) is 1. The van der Waals surface area contributed by atoms with Crippen molar-refractivity contribution in [2.24, 2.45) is 0 Å². The molecular weight excluding hydrogens is 223 g/mol. The van der Waals surface area contributed by atoms with Gasteiger partial charge in [-0.3, -0.25) is 0 Å². The highest BCUT2D eigenvalue weighted by atomic mass is 79.9. The van der Waals surface area contributed by atoms with Crippen molar-refractivity contribution in [1.82, 2.24) is 0 Å². The maximum atomic E-state index is 13.1. The molecule has 1 rings (SSSR count). The molecule has 0 amide bonds. The van der Waals surface area contributed by atoms with Crippen LogP contribution >= 0.6 is 15.9 Å². The van der Waals surface area contributed by atoms with E-state index in [1.54, 1.807) is 6.92 Å². The maximum Gasteiger partial charge on any atom is 0.127 e. The minimum atomic E-state index is -0.281. The van der Waals surface area contributed by atoms with Crippen molar-refractivity contribution in [1.29, 1.82) is 0 Å². The van der Waals surface area contributed by atoms with Crippen LogP contribution in [-0.2, 0) is 6.61 Å². The van der Waals surface area contributed by atoms with Crippen LogP contribution in [0.15, 0.2) is 10.5 Å². The summed E-state index contributed by atoms with van der Waals surface area (Å²) in [4.78, 5) is 0. The molecule has 3 heteroatoms. The van der Waals surface area contributed by atoms with Gasteiger partial charge in [-0.1, -0.05) is 15.9 Å². The van der Waals surface area contributed by atoms with Gasteiger partial charge >= 0.3 is 0 Å². The molecule has 1 aromatic rings. The lowest BCUT2D eigenvalue weighted by Gasteiger charge is -2.08. The SMILES string of the molecule is Cc1c(F)cc(CO)c(C)c1Br. The number of halogens is 2. The Kier molecular flexibility index (Phi) is 2.85. The van der Waals surface area contributed by atoms with E-state index in [4.69, 9.17) is 5.11 Å². The number of aliphatic hydroxyl groups excluding tert-OH is 1. The predicted octanol–water partition coefficient (Wildman–Crippen LogP) is 2.70. The Labute approximate surface area is 79.4 Å². The third-order valence-electron chi connectivity index (χ3n) is 1.97. The Morgan fingerprint density at radius 3 is 2.50 bits per heavy atom. The fourth-order valence-electron chi connectivity index (χ4n) is 1.06. The minimum absolute atomic E-state index is 0.123. The first-order chi connectivity index (χ1) is 5.57. The molecule has 0 aliphatic heterocycles. The van der Waals surface area contributed by atoms with Gasteiger partial charge in [0.15, 0.2) is 0 Å². The summed E-state index contributed by atoms with van der Waals surface area (Å²) in [5.74, 6) is -0.281. The van der Waals surface area contributed by atoms with Crippen molar-refractivity contribution in [3.8, 4) is 0 Å². The van der Waals surface area contributed by atoms with Gasteiger partial charge in [-0.15, -0.1) is 0 Å². The molecule has 0 aromatic heterocycles. The third kappa shape index (κ3) is 1.52. The molecule has 1 nitrogen and oxygen atoms in total. The van der Waals surface area contributed by atoms with E-state index in [9.17, 15) is 4.39 Å². The molecule has 0 unspecified atom stereocenters. The van der Waals surface area contributed by atoms with Gasteiger partial charge in [0.2, 0.25) is 0 Å². The fourth-order valence-corrected chi connectivity index (χ4v) is 1.50. The number of hydrogen-bond acceptors (Lipinski definition) is 1. The summed E-state index contributed by atoms with van der Waals surface area (Å²) in [6, 6.07) is 1.37. The van der Waals surface area contributed by atoms with E-state index in [1.165, 1.54) is 6.07 Å². The molecule has 0 aliphatic carbocycles. The maximum absolute atomic E-state index is 13.1. The Hall–Kier alpha value is -0.410. The predicted molar refractivity (Wildman–Crippen MR) is 49.5 cm³/mol. The lowest BCUT2D eigenvalue weighted by molar-refractivity contribution is 0.280. The molecule has 0 saturated carbocycles. The zero-order valence-corrected chi connectivity index (χ0v) is 8.57. The van der Waals surface area contributed by atoms with Gasteiger partial charge in [-0.2, -0.15) is 0 Å². The molecule has 0 saturated heterocycles. The van der Waals surface area contributed by atoms with Gasteiger partial charge < -0.3 is 5.11 Å². The molecule has 0 atom stereocenters. The molecule has 1 aromatic carbocycles. The third-order valence-corrected chi connectivity index (χ3v) is 3.16. The Bertz CT molecular complexity index is 310. The van der Waals surface area contributed by atoms with Gasteiger partial charge in [0.1, 0.15) is 5.82 Å². The van der Waals surface area contributed by atoms with E-state index in [0.29, 0.717) is 11.1 Å². The van der Waals surface area contributed by atoms with Crippen LogP contribution in [0.25, 0.3) is 0 Å². The minimum Gasteiger partial charge on any atom is -0.392 e. The number of benzene rings is 1. The summed E-state index contributed by atoms with van der Waals surface area (Å²) >= 11 is 3.27. The molecule has 0 aliphatic rings. The molecule has 0 heterocycles. The van der Waals surface area contributed by atoms with Gasteiger partial charge in [-0.25, -0.2) is 4.39 Å². The van der Waals surface area contributed by atoms with Gasteiger partial charge in [0.25, 0.3) is 0 Å². The lowest BCUT2D eigenvalue weighted by Crippen LogP contribution is -1.95. The Balaban J connectivity index is 3.39. The van der Waals surface area contributed by atoms with Crippen LogP contribution < -0.4 is 0 Å². The summed E-state index contributed by atoms with van der Waals surface area (Å²) in [6.07, 6.45) is 0. The van der Waals surface area contributed by atoms with Gasteiger partial charge in [-0.05, 0) is 36.6 Å². The van der Waals surface area contributed by atoms with Gasteiger partial charge in [0.05, 0.1) is 6.61 Å². The second-order valence-corrected chi connectivity index (χ2v) is 3.53. The van der Waals surface area contributed by atoms with E-state index in [0.717, 1.165) is 10.0 Å². The van der Waals surface area contributed by atoms with Crippen LogP contribution in [0.1, 0.15) is 16.7 Å². The molecule has 1 N–H and O–H groups in total. The average Bonchev–Trinajstić information content (AvgIpc) is 2.08. The highest BCUT2D eigenvalue weighted by molar-refractivity contribution is 9.10. The standard InChI is InChI=1S/C9H10BrFO/c1-5-7(4-12)3-8(11)6(2)9(5)10/h3,12H,4H2,1-2H3. The van der Waals surface area contributed by atoms with Crippen molar-refractivity contribution < 1.29 is 9.50 Å². The number of rotatable bonds is 1. The van der Waals surface area contributed by atoms with Crippen molar-refractivity contribution in [3.05, 3.63) is 33.0 Å². The zero-order valence-electron chi connectivity index (χ0n) is 6.99. The summed E-state index contributed by atoms with van der Waals surface area (Å²) < 4.78 is 13.8. The lowest BCUT2D eigenvalue weighted by atomic mass is 10.1. The number of aliphatic hydroxyl groups is 1. The van der Waals surface area contributed by atoms with E-state index in [1.807, 2.05) is 6.92 Å². The largest absolute Gasteiger partial charge is 0.392 e. The smallest absolute Gasteiger partial charge is 0.127 e. The monoisotopic (exact) mass is 232 g/mol. The second-order valence-electron chi connectivity index (χ2n) is 2.74. The van der Waals surface area contributed by atoms with E-state index >= 15 is 0 Å². The molecule has 0 radical (unpaired) electrons. The van der Waals surface area contributed by atoms with Crippen LogP contribution in [0.4, 0.5) is 4.39 Å². The molecule has 12 heavy (non-hydrogen) atoms. The summed E-state index contributed by atoms with van der Waals surface area (Å²) in [5, 5.41) is 8.87. The van der Waals surface area contributed by atoms with Crippen molar-refractivity contribution in [3.63, 3.8) is 0 Å². The highest BCUT2D eigenvalue weighted by Crippen LogP contribution is 2.26. The molecule has 66 valence electrons. The first-order valence-electron chi connectivity index (χ1n) is 3.63. The van der Waals surface area contributed by atoms with Crippen molar-refractivity contribution in [2.75, 3.05) is 0 Å². The summed E-state index contributed by atoms with van der Waals surface area (Å²) in [5.41, 5.74) is 2.12. The second kappa shape index (κ2) is 3.54. The first-order valence-corrected chi connectivity index (χ1v) is 4.42. The van der Waals surface area contributed by atoms with E-state index < -0.39 is 0 Å². The average molecular weight is 233 g/mol. The molecule has 0 fully saturated rings. The Morgan fingerprint density at radius 1 is 1.42 bits per heavy atom. The summed E-state index contributed by atoms with van der Waals surface area (Å²) in [7, 11) is 0.